The van der Waals surface area contributed by atoms with Crippen LogP contribution in [0.15, 0.2) is 12.3 Å². The molecule has 7 nitrogen and oxygen atoms in total. The number of amides is 2. The number of unbranched alkanes of at least 4 members (excludes halogenated alkanes) is 1. The Morgan fingerprint density at radius 1 is 1.53 bits per heavy atom. The molecule has 0 saturated carbocycles. The van der Waals surface area contributed by atoms with E-state index in [1.807, 2.05) is 12.2 Å². The zero-order valence-electron chi connectivity index (χ0n) is 10.7. The van der Waals surface area contributed by atoms with Gasteiger partial charge in [-0.25, -0.2) is 4.98 Å². The van der Waals surface area contributed by atoms with Gasteiger partial charge in [0.1, 0.15) is 0 Å². The molecule has 4 N–H and O–H groups in total. The lowest BCUT2D eigenvalue weighted by Crippen LogP contribution is -2.35. The van der Waals surface area contributed by atoms with Crippen molar-refractivity contribution in [1.82, 2.24) is 10.3 Å². The monoisotopic (exact) mass is 267 g/mol. The average Bonchev–Trinajstić information content (AvgIpc) is 2.40. The summed E-state index contributed by atoms with van der Waals surface area (Å²) in [7, 11) is 0. The third-order valence-electron chi connectivity index (χ3n) is 2.30. The van der Waals surface area contributed by atoms with E-state index in [0.29, 0.717) is 6.61 Å². The highest BCUT2D eigenvalue weighted by atomic mass is 16.5. The summed E-state index contributed by atoms with van der Waals surface area (Å²) in [6.07, 6.45) is 3.10. The van der Waals surface area contributed by atoms with Crippen LogP contribution in [0.4, 0.5) is 0 Å². The molecule has 1 heterocycles. The number of rotatable bonds is 6. The third-order valence-corrected chi connectivity index (χ3v) is 2.30. The van der Waals surface area contributed by atoms with Gasteiger partial charge >= 0.3 is 0 Å². The highest BCUT2D eigenvalue weighted by Crippen LogP contribution is 2.28. The normalized spacial score (nSPS) is 10.0. The highest BCUT2D eigenvalue weighted by molar-refractivity contribution is 6.05. The van der Waals surface area contributed by atoms with Gasteiger partial charge in [0.2, 0.25) is 5.91 Å². The molecule has 1 rings (SSSR count). The first-order valence-corrected chi connectivity index (χ1v) is 5.95. The van der Waals surface area contributed by atoms with Crippen LogP contribution in [-0.2, 0) is 4.79 Å². The molecule has 0 atom stereocenters. The van der Waals surface area contributed by atoms with Gasteiger partial charge in [0.25, 0.3) is 5.91 Å². The summed E-state index contributed by atoms with van der Waals surface area (Å²) in [6.45, 7) is 2.11. The standard InChI is InChI=1S/C12H17N3O4/c1-2-3-6-19-8-4-5-14-10(11(8)17)12(18)15-9(16)7-13/h4-5,17H,2-3,6-7,13H2,1H3,(H,15,16,18). The highest BCUT2D eigenvalue weighted by Gasteiger charge is 2.18. The van der Waals surface area contributed by atoms with Gasteiger partial charge in [-0.3, -0.25) is 14.9 Å². The van der Waals surface area contributed by atoms with Crippen molar-refractivity contribution < 1.29 is 19.4 Å². The molecule has 1 aromatic heterocycles. The molecular weight excluding hydrogens is 250 g/mol. The summed E-state index contributed by atoms with van der Waals surface area (Å²) in [4.78, 5) is 26.4. The molecule has 0 aliphatic rings. The maximum Gasteiger partial charge on any atom is 0.280 e. The number of ether oxygens (including phenoxy) is 1. The molecule has 0 aliphatic heterocycles. The van der Waals surface area contributed by atoms with E-state index in [0.717, 1.165) is 12.8 Å². The van der Waals surface area contributed by atoms with Crippen molar-refractivity contribution in [3.8, 4) is 11.5 Å². The minimum Gasteiger partial charge on any atom is -0.503 e. The van der Waals surface area contributed by atoms with Crippen LogP contribution in [0.25, 0.3) is 0 Å². The predicted octanol–water partition coefficient (Wildman–Crippen LogP) is 0.181. The Morgan fingerprint density at radius 2 is 2.26 bits per heavy atom. The summed E-state index contributed by atoms with van der Waals surface area (Å²) >= 11 is 0. The van der Waals surface area contributed by atoms with E-state index in [1.54, 1.807) is 0 Å². The van der Waals surface area contributed by atoms with Crippen LogP contribution in [0.1, 0.15) is 30.3 Å². The lowest BCUT2D eigenvalue weighted by atomic mass is 10.3. The van der Waals surface area contributed by atoms with E-state index >= 15 is 0 Å². The minimum absolute atomic E-state index is 0.161. The Kier molecular flexibility index (Phi) is 5.74. The van der Waals surface area contributed by atoms with E-state index < -0.39 is 11.8 Å². The third kappa shape index (κ3) is 4.22. The molecule has 0 aliphatic carbocycles. The quantitative estimate of drug-likeness (QED) is 0.633. The zero-order chi connectivity index (χ0) is 14.3. The van der Waals surface area contributed by atoms with Gasteiger partial charge < -0.3 is 15.6 Å². The van der Waals surface area contributed by atoms with E-state index in [-0.39, 0.29) is 23.7 Å². The van der Waals surface area contributed by atoms with Crippen LogP contribution in [0, 0.1) is 0 Å². The van der Waals surface area contributed by atoms with E-state index in [4.69, 9.17) is 10.5 Å². The Balaban J connectivity index is 2.81. The molecule has 0 unspecified atom stereocenters. The topological polar surface area (TPSA) is 115 Å². The number of imide groups is 1. The molecule has 0 radical (unpaired) electrons. The number of aromatic hydroxyl groups is 1. The molecule has 1 aromatic rings. The van der Waals surface area contributed by atoms with Crippen LogP contribution in [0.3, 0.4) is 0 Å². The number of nitrogens with two attached hydrogens (primary N) is 1. The molecule has 0 bridgehead atoms. The second-order valence-corrected chi connectivity index (χ2v) is 3.79. The van der Waals surface area contributed by atoms with E-state index in [2.05, 4.69) is 4.98 Å². The minimum atomic E-state index is -0.811. The Bertz CT molecular complexity index is 462. The number of carbonyl (C=O) groups excluding carboxylic acids is 2. The Hall–Kier alpha value is -2.15. The first-order chi connectivity index (χ1) is 9.10. The van der Waals surface area contributed by atoms with Crippen LogP contribution in [0.5, 0.6) is 11.5 Å². The maximum atomic E-state index is 11.7. The van der Waals surface area contributed by atoms with Crippen molar-refractivity contribution >= 4 is 11.8 Å². The fraction of sp³-hybridized carbons (Fsp3) is 0.417. The fourth-order valence-corrected chi connectivity index (χ4v) is 1.28. The van der Waals surface area contributed by atoms with Crippen LogP contribution < -0.4 is 15.8 Å². The van der Waals surface area contributed by atoms with Gasteiger partial charge in [0.05, 0.1) is 13.2 Å². The van der Waals surface area contributed by atoms with Crippen molar-refractivity contribution in [2.45, 2.75) is 19.8 Å². The summed E-state index contributed by atoms with van der Waals surface area (Å²) in [5, 5.41) is 11.9. The number of nitrogens with one attached hydrogen (secondary N) is 1. The predicted molar refractivity (Wildman–Crippen MR) is 67.8 cm³/mol. The average molecular weight is 267 g/mol. The first-order valence-electron chi connectivity index (χ1n) is 5.95. The van der Waals surface area contributed by atoms with Crippen molar-refractivity contribution in [2.24, 2.45) is 5.73 Å². The van der Waals surface area contributed by atoms with Gasteiger partial charge in [-0.2, -0.15) is 0 Å². The number of hydrogen-bond donors (Lipinski definition) is 3. The largest absolute Gasteiger partial charge is 0.503 e. The lowest BCUT2D eigenvalue weighted by Gasteiger charge is -2.09. The molecule has 0 fully saturated rings. The van der Waals surface area contributed by atoms with Crippen LogP contribution in [0.2, 0.25) is 0 Å². The fourth-order valence-electron chi connectivity index (χ4n) is 1.28. The molecule has 0 saturated heterocycles. The number of pyridine rings is 1. The number of carbonyl (C=O) groups is 2. The van der Waals surface area contributed by atoms with Gasteiger partial charge in [-0.05, 0) is 6.42 Å². The summed E-state index contributed by atoms with van der Waals surface area (Å²) < 4.78 is 5.32. The van der Waals surface area contributed by atoms with Crippen molar-refractivity contribution in [1.29, 1.82) is 0 Å². The Labute approximate surface area is 110 Å². The molecule has 0 aromatic carbocycles. The van der Waals surface area contributed by atoms with Gasteiger partial charge in [-0.15, -0.1) is 0 Å². The molecule has 104 valence electrons. The Morgan fingerprint density at radius 3 is 2.89 bits per heavy atom. The second-order valence-electron chi connectivity index (χ2n) is 3.79. The van der Waals surface area contributed by atoms with Crippen molar-refractivity contribution in [3.63, 3.8) is 0 Å². The van der Waals surface area contributed by atoms with Crippen LogP contribution >= 0.6 is 0 Å². The number of aromatic nitrogens is 1. The summed E-state index contributed by atoms with van der Waals surface area (Å²) in [5.74, 6) is -1.69. The van der Waals surface area contributed by atoms with Gasteiger partial charge in [0.15, 0.2) is 17.2 Å². The maximum absolute atomic E-state index is 11.7. The first kappa shape index (κ1) is 14.9. The van der Waals surface area contributed by atoms with Gasteiger partial charge in [-0.1, -0.05) is 13.3 Å². The van der Waals surface area contributed by atoms with E-state index in [9.17, 15) is 14.7 Å². The SMILES string of the molecule is CCCCOc1ccnc(C(=O)NC(=O)CN)c1O. The molecule has 19 heavy (non-hydrogen) atoms. The van der Waals surface area contributed by atoms with Crippen molar-refractivity contribution in [2.75, 3.05) is 13.2 Å². The number of nitrogens with zero attached hydrogens (tertiary/aromatic N) is 1. The number of hydrogen-bond acceptors (Lipinski definition) is 6. The smallest absolute Gasteiger partial charge is 0.280 e. The molecule has 7 heteroatoms. The zero-order valence-corrected chi connectivity index (χ0v) is 10.7. The summed E-state index contributed by atoms with van der Waals surface area (Å²) in [5.41, 5.74) is 4.81. The van der Waals surface area contributed by atoms with Crippen LogP contribution in [-0.4, -0.2) is 35.1 Å². The van der Waals surface area contributed by atoms with E-state index in [1.165, 1.54) is 12.3 Å². The lowest BCUT2D eigenvalue weighted by molar-refractivity contribution is -0.118. The van der Waals surface area contributed by atoms with Crippen molar-refractivity contribution in [3.05, 3.63) is 18.0 Å². The molecule has 2 amide bonds. The molecular formula is C12H17N3O4. The molecule has 0 spiro atoms. The second kappa shape index (κ2) is 7.32. The van der Waals surface area contributed by atoms with Gasteiger partial charge in [0, 0.05) is 12.3 Å². The summed E-state index contributed by atoms with van der Waals surface area (Å²) in [6, 6.07) is 1.45.